The number of hydrogen-bond acceptors (Lipinski definition) is 12. The Hall–Kier alpha value is -4.71. The van der Waals surface area contributed by atoms with Crippen molar-refractivity contribution < 1.29 is 28.0 Å². The van der Waals surface area contributed by atoms with Gasteiger partial charge in [0.25, 0.3) is 0 Å². The fourth-order valence-electron chi connectivity index (χ4n) is 7.47. The van der Waals surface area contributed by atoms with Crippen molar-refractivity contribution in [3.8, 4) is 17.6 Å². The van der Waals surface area contributed by atoms with E-state index < -0.39 is 38.1 Å². The van der Waals surface area contributed by atoms with E-state index in [0.717, 1.165) is 41.9 Å². The average Bonchev–Trinajstić information content (AvgIpc) is 3.83. The Balaban J connectivity index is 1.40. The molecule has 0 bridgehead atoms. The van der Waals surface area contributed by atoms with E-state index >= 15 is 0 Å². The highest BCUT2D eigenvalue weighted by molar-refractivity contribution is 7.47. The number of nitrogens with zero attached hydrogens (tertiary/aromatic N) is 7. The minimum atomic E-state index is -1.64. The lowest BCUT2D eigenvalue weighted by Crippen LogP contribution is -2.42. The summed E-state index contributed by atoms with van der Waals surface area (Å²) >= 11 is 0. The third-order valence-electron chi connectivity index (χ3n) is 10.3. The van der Waals surface area contributed by atoms with E-state index in [4.69, 9.17) is 28.0 Å². The molecule has 58 heavy (non-hydrogen) atoms. The van der Waals surface area contributed by atoms with Crippen molar-refractivity contribution >= 4 is 20.0 Å². The second-order valence-corrected chi connectivity index (χ2v) is 16.2. The number of likely N-dealkylation sites (tertiary alicyclic amines) is 1. The number of nitriles is 1. The summed E-state index contributed by atoms with van der Waals surface area (Å²) in [6.45, 7) is 1.18. The molecule has 3 heterocycles. The molecule has 0 radical (unpaired) electrons. The summed E-state index contributed by atoms with van der Waals surface area (Å²) in [5.41, 5.74) is 1.02. The van der Waals surface area contributed by atoms with Gasteiger partial charge in [0, 0.05) is 32.6 Å². The van der Waals surface area contributed by atoms with Crippen LogP contribution in [0.5, 0.6) is 11.5 Å². The Kier molecular flexibility index (Phi) is 14.7. The summed E-state index contributed by atoms with van der Waals surface area (Å²) in [6.07, 6.45) is 2.08. The van der Waals surface area contributed by atoms with Crippen molar-refractivity contribution in [2.45, 2.75) is 55.6 Å². The minimum Gasteiger partial charge on any atom is -0.497 e. The van der Waals surface area contributed by atoms with Crippen LogP contribution >= 0.6 is 8.38 Å². The van der Waals surface area contributed by atoms with Crippen molar-refractivity contribution in [1.82, 2.24) is 24.3 Å². The first-order chi connectivity index (χ1) is 28.1. The quantitative estimate of drug-likeness (QED) is 0.0480. The lowest BCUT2D eigenvalue weighted by molar-refractivity contribution is -0.0922. The predicted octanol–water partition coefficient (Wildman–Crippen LogP) is 6.35. The van der Waals surface area contributed by atoms with Crippen LogP contribution in [0.2, 0.25) is 0 Å². The molecular formula is C43H54N7O7P. The van der Waals surface area contributed by atoms with E-state index in [1.165, 1.54) is 4.57 Å². The van der Waals surface area contributed by atoms with Gasteiger partial charge in [-0.05, 0) is 81.6 Å². The number of benzene rings is 3. The van der Waals surface area contributed by atoms with E-state index in [9.17, 15) is 10.1 Å². The number of methoxy groups -OCH3 is 2. The molecular weight excluding hydrogens is 757 g/mol. The van der Waals surface area contributed by atoms with Crippen molar-refractivity contribution in [1.29, 1.82) is 5.26 Å². The van der Waals surface area contributed by atoms with Crippen molar-refractivity contribution in [2.24, 2.45) is 4.99 Å². The summed E-state index contributed by atoms with van der Waals surface area (Å²) < 4.78 is 40.0. The molecule has 4 aromatic rings. The SMILES string of the molecule is COc1ccc(C(OC[C@H]2O[C@@H](n3ccc(N=C4CCCN4C)nc3=O)C[C@H]2OP(OCCC#N)C(N(C)C)N(C)C)(c2ccccc2)c2ccc(OC)cc2)cc1. The zero-order valence-corrected chi connectivity index (χ0v) is 35.2. The van der Waals surface area contributed by atoms with Crippen molar-refractivity contribution in [3.63, 3.8) is 0 Å². The van der Waals surface area contributed by atoms with Crippen LogP contribution in [-0.4, -0.2) is 117 Å². The molecule has 308 valence electrons. The van der Waals surface area contributed by atoms with Gasteiger partial charge in [-0.25, -0.2) is 9.79 Å². The standard InChI is InChI=1S/C43H54N7O7P/c1-47(2)42(48(3)4)58(55-28-12-25-44)57-36-29-40(50-27-24-38(46-41(50)51)45-39-15-11-26-49(39)5)56-37(36)30-54-43(31-13-9-8-10-14-31,32-16-20-34(52-6)21-17-32)33-18-22-35(53-7)23-19-33/h8-10,13-14,16-24,27,36-37,40,42H,11-12,15,26,28-30H2,1-7H3/t36-,37-,40-,58?/m1/s1. The summed E-state index contributed by atoms with van der Waals surface area (Å²) in [5.74, 6) is 2.43. The van der Waals surface area contributed by atoms with E-state index in [2.05, 4.69) is 20.9 Å². The van der Waals surface area contributed by atoms with Crippen LogP contribution in [0.4, 0.5) is 5.82 Å². The van der Waals surface area contributed by atoms with E-state index in [1.807, 2.05) is 124 Å². The predicted molar refractivity (Wildman–Crippen MR) is 223 cm³/mol. The van der Waals surface area contributed by atoms with Crippen LogP contribution in [0.3, 0.4) is 0 Å². The highest BCUT2D eigenvalue weighted by Crippen LogP contribution is 2.50. The molecule has 1 unspecified atom stereocenters. The van der Waals surface area contributed by atoms with E-state index in [1.54, 1.807) is 26.5 Å². The maximum absolute atomic E-state index is 13.7. The third kappa shape index (κ3) is 9.76. The average molecular weight is 812 g/mol. The molecule has 0 spiro atoms. The second-order valence-electron chi connectivity index (χ2n) is 14.7. The highest BCUT2D eigenvalue weighted by atomic mass is 31.2. The first kappa shape index (κ1) is 42.9. The van der Waals surface area contributed by atoms with Gasteiger partial charge in [-0.2, -0.15) is 10.2 Å². The molecule has 0 N–H and O–H groups in total. The molecule has 4 atom stereocenters. The zero-order valence-electron chi connectivity index (χ0n) is 34.4. The van der Waals surface area contributed by atoms with Gasteiger partial charge >= 0.3 is 5.69 Å². The molecule has 0 amide bonds. The van der Waals surface area contributed by atoms with Crippen LogP contribution < -0.4 is 15.2 Å². The topological polar surface area (TPSA) is 136 Å². The number of aromatic nitrogens is 2. The fraction of sp³-hybridized carbons (Fsp3) is 0.442. The van der Waals surface area contributed by atoms with Crippen LogP contribution in [-0.2, 0) is 24.1 Å². The molecule has 2 aliphatic heterocycles. The summed E-state index contributed by atoms with van der Waals surface area (Å²) in [6, 6.07) is 29.6. The van der Waals surface area contributed by atoms with Gasteiger partial charge in [0.15, 0.2) is 5.82 Å². The van der Waals surface area contributed by atoms with Gasteiger partial charge in [-0.3, -0.25) is 14.4 Å². The Morgan fingerprint density at radius 3 is 2.10 bits per heavy atom. The van der Waals surface area contributed by atoms with Crippen molar-refractivity contribution in [3.05, 3.63) is 118 Å². The number of ether oxygens (including phenoxy) is 4. The van der Waals surface area contributed by atoms with Gasteiger partial charge < -0.3 is 32.9 Å². The maximum Gasteiger partial charge on any atom is 0.351 e. The lowest BCUT2D eigenvalue weighted by Gasteiger charge is -2.38. The Morgan fingerprint density at radius 1 is 0.948 bits per heavy atom. The molecule has 0 aliphatic carbocycles. The Morgan fingerprint density at radius 2 is 1.57 bits per heavy atom. The van der Waals surface area contributed by atoms with Crippen LogP contribution in [0.25, 0.3) is 0 Å². The Bertz CT molecular complexity index is 2000. The summed E-state index contributed by atoms with van der Waals surface area (Å²) in [7, 11) is 11.5. The van der Waals surface area contributed by atoms with Gasteiger partial charge in [-0.1, -0.05) is 54.6 Å². The molecule has 3 aromatic carbocycles. The number of amidine groups is 1. The first-order valence-electron chi connectivity index (χ1n) is 19.4. The lowest BCUT2D eigenvalue weighted by atomic mass is 9.80. The van der Waals surface area contributed by atoms with Gasteiger partial charge in [-0.15, -0.1) is 0 Å². The normalized spacial score (nSPS) is 19.6. The molecule has 1 aromatic heterocycles. The first-order valence-corrected chi connectivity index (χ1v) is 20.6. The van der Waals surface area contributed by atoms with E-state index in [0.29, 0.717) is 23.7 Å². The largest absolute Gasteiger partial charge is 0.497 e. The number of rotatable bonds is 18. The fourth-order valence-corrected chi connectivity index (χ4v) is 9.29. The van der Waals surface area contributed by atoms with Crippen LogP contribution in [0, 0.1) is 11.3 Å². The second kappa shape index (κ2) is 19.8. The monoisotopic (exact) mass is 811 g/mol. The molecule has 2 aliphatic rings. The van der Waals surface area contributed by atoms with Crippen LogP contribution in [0.15, 0.2) is 101 Å². The maximum atomic E-state index is 13.7. The van der Waals surface area contributed by atoms with Crippen molar-refractivity contribution in [2.75, 3.05) is 69.2 Å². The molecule has 2 fully saturated rings. The smallest absolute Gasteiger partial charge is 0.351 e. The summed E-state index contributed by atoms with van der Waals surface area (Å²) in [4.78, 5) is 28.8. The van der Waals surface area contributed by atoms with Gasteiger partial charge in [0.1, 0.15) is 41.2 Å². The highest BCUT2D eigenvalue weighted by Gasteiger charge is 2.45. The zero-order chi connectivity index (χ0) is 41.2. The Labute approximate surface area is 342 Å². The molecule has 14 nitrogen and oxygen atoms in total. The summed E-state index contributed by atoms with van der Waals surface area (Å²) in [5, 5.41) is 9.36. The number of hydrogen-bond donors (Lipinski definition) is 0. The molecule has 6 rings (SSSR count). The number of aliphatic imine (C=N–C) groups is 1. The third-order valence-corrected chi connectivity index (χ3v) is 12.5. The van der Waals surface area contributed by atoms with Gasteiger partial charge in [0.2, 0.25) is 8.38 Å². The molecule has 15 heteroatoms. The molecule has 2 saturated heterocycles. The van der Waals surface area contributed by atoms with Gasteiger partial charge in [0.05, 0.1) is 46.0 Å². The molecule has 0 saturated carbocycles. The van der Waals surface area contributed by atoms with Crippen LogP contribution in [0.1, 0.15) is 48.6 Å². The van der Waals surface area contributed by atoms with E-state index in [-0.39, 0.29) is 25.5 Å². The minimum absolute atomic E-state index is 0.0599.